The minimum atomic E-state index is -3.48. The first-order valence-electron chi connectivity index (χ1n) is 11.1. The van der Waals surface area contributed by atoms with E-state index in [1.54, 1.807) is 34.8 Å². The average molecular weight is 443 g/mol. The first-order valence-corrected chi connectivity index (χ1v) is 12.5. The first kappa shape index (κ1) is 21.9. The highest BCUT2D eigenvalue weighted by molar-refractivity contribution is 7.89. The van der Waals surface area contributed by atoms with Crippen molar-refractivity contribution >= 4 is 21.6 Å². The summed E-state index contributed by atoms with van der Waals surface area (Å²) < 4.78 is 27.4. The average Bonchev–Trinajstić information content (AvgIpc) is 3.61. The van der Waals surface area contributed by atoms with Crippen LogP contribution >= 0.6 is 0 Å². The molecule has 0 unspecified atom stereocenters. The molecule has 1 aliphatic carbocycles. The molecule has 0 radical (unpaired) electrons. The second-order valence-electron chi connectivity index (χ2n) is 8.39. The van der Waals surface area contributed by atoms with E-state index in [0.29, 0.717) is 37.9 Å². The molecular formula is C23H30N4O3S. The molecule has 7 nitrogen and oxygen atoms in total. The Morgan fingerprint density at radius 1 is 1.06 bits per heavy atom. The van der Waals surface area contributed by atoms with Gasteiger partial charge in [-0.3, -0.25) is 14.7 Å². The summed E-state index contributed by atoms with van der Waals surface area (Å²) in [6.07, 6.45) is 9.76. The minimum absolute atomic E-state index is 0.0982. The monoisotopic (exact) mass is 442 g/mol. The van der Waals surface area contributed by atoms with E-state index in [9.17, 15) is 13.2 Å². The predicted molar refractivity (Wildman–Crippen MR) is 120 cm³/mol. The van der Waals surface area contributed by atoms with E-state index >= 15 is 0 Å². The third-order valence-electron chi connectivity index (χ3n) is 5.86. The van der Waals surface area contributed by atoms with Crippen molar-refractivity contribution in [1.29, 1.82) is 0 Å². The number of hydrogen-bond acceptors (Lipinski definition) is 5. The van der Waals surface area contributed by atoms with E-state index in [-0.39, 0.29) is 10.8 Å². The Balaban J connectivity index is 1.36. The quantitative estimate of drug-likeness (QED) is 0.679. The predicted octanol–water partition coefficient (Wildman–Crippen LogP) is 3.25. The van der Waals surface area contributed by atoms with Gasteiger partial charge in [0.25, 0.3) is 0 Å². The number of nitrogens with one attached hydrogen (secondary N) is 1. The molecule has 1 aromatic heterocycles. The number of aromatic nitrogens is 1. The molecular weight excluding hydrogens is 412 g/mol. The lowest BCUT2D eigenvalue weighted by atomic mass is 10.2. The molecule has 166 valence electrons. The highest BCUT2D eigenvalue weighted by atomic mass is 32.2. The summed E-state index contributed by atoms with van der Waals surface area (Å²) in [4.78, 5) is 19.2. The second-order valence-corrected chi connectivity index (χ2v) is 10.3. The fraction of sp³-hybridized carbons (Fsp3) is 0.478. The van der Waals surface area contributed by atoms with Gasteiger partial charge >= 0.3 is 0 Å². The fourth-order valence-electron chi connectivity index (χ4n) is 4.01. The van der Waals surface area contributed by atoms with E-state index in [1.807, 2.05) is 18.3 Å². The van der Waals surface area contributed by atoms with E-state index in [4.69, 9.17) is 0 Å². The number of pyridine rings is 1. The van der Waals surface area contributed by atoms with Crippen LogP contribution < -0.4 is 5.32 Å². The zero-order valence-corrected chi connectivity index (χ0v) is 18.6. The number of benzene rings is 1. The molecule has 1 amide bonds. The van der Waals surface area contributed by atoms with Gasteiger partial charge in [-0.1, -0.05) is 18.9 Å². The molecule has 0 atom stereocenters. The van der Waals surface area contributed by atoms with Gasteiger partial charge in [-0.15, -0.1) is 0 Å². The highest BCUT2D eigenvalue weighted by Gasteiger charge is 2.30. The highest BCUT2D eigenvalue weighted by Crippen LogP contribution is 2.28. The van der Waals surface area contributed by atoms with Crippen molar-refractivity contribution in [2.24, 2.45) is 0 Å². The van der Waals surface area contributed by atoms with Gasteiger partial charge in [-0.2, -0.15) is 4.31 Å². The smallest absolute Gasteiger partial charge is 0.243 e. The first-order chi connectivity index (χ1) is 15.0. The van der Waals surface area contributed by atoms with Gasteiger partial charge in [0.2, 0.25) is 15.9 Å². The topological polar surface area (TPSA) is 82.6 Å². The molecule has 2 heterocycles. The van der Waals surface area contributed by atoms with Crippen LogP contribution in [0.2, 0.25) is 0 Å². The molecule has 2 aromatic rings. The third kappa shape index (κ3) is 5.90. The normalized spacial score (nSPS) is 18.0. The zero-order chi connectivity index (χ0) is 21.7. The molecule has 4 rings (SSSR count). The number of rotatable bonds is 8. The van der Waals surface area contributed by atoms with E-state index in [0.717, 1.165) is 44.1 Å². The van der Waals surface area contributed by atoms with Gasteiger partial charge in [0.05, 0.1) is 11.4 Å². The van der Waals surface area contributed by atoms with Crippen molar-refractivity contribution in [3.8, 4) is 0 Å². The Bertz CT molecular complexity index is 968. The maximum Gasteiger partial charge on any atom is 0.243 e. The van der Waals surface area contributed by atoms with Crippen molar-refractivity contribution < 1.29 is 13.2 Å². The van der Waals surface area contributed by atoms with Gasteiger partial charge in [-0.25, -0.2) is 8.42 Å². The summed E-state index contributed by atoms with van der Waals surface area (Å²) in [5, 5.41) is 2.90. The van der Waals surface area contributed by atoms with Crippen LogP contribution in [0, 0.1) is 0 Å². The molecule has 2 fully saturated rings. The molecule has 1 aromatic carbocycles. The number of anilines is 1. The molecule has 1 aliphatic heterocycles. The van der Waals surface area contributed by atoms with Crippen LogP contribution in [0.5, 0.6) is 0 Å². The molecule has 2 aliphatic rings. The van der Waals surface area contributed by atoms with Crippen molar-refractivity contribution in [3.05, 3.63) is 54.4 Å². The largest absolute Gasteiger partial charge is 0.325 e. The summed E-state index contributed by atoms with van der Waals surface area (Å²) >= 11 is 0. The lowest BCUT2D eigenvalue weighted by Gasteiger charge is -2.21. The van der Waals surface area contributed by atoms with Crippen molar-refractivity contribution in [2.45, 2.75) is 56.0 Å². The molecule has 1 saturated heterocycles. The standard InChI is InChI=1S/C23H30N4O3S/c28-23(18-26(21-9-10-21)17-19-6-5-13-24-16-19)25-20-7-11-22(12-8-20)31(29,30)27-14-3-1-2-4-15-27/h5-8,11-13,16,21H,1-4,9-10,14-15,17-18H2,(H,25,28). The summed E-state index contributed by atoms with van der Waals surface area (Å²) in [6, 6.07) is 10.9. The summed E-state index contributed by atoms with van der Waals surface area (Å²) in [7, 11) is -3.48. The Morgan fingerprint density at radius 2 is 1.77 bits per heavy atom. The minimum Gasteiger partial charge on any atom is -0.325 e. The van der Waals surface area contributed by atoms with Gasteiger partial charge in [-0.05, 0) is 61.6 Å². The molecule has 1 saturated carbocycles. The zero-order valence-electron chi connectivity index (χ0n) is 17.7. The van der Waals surface area contributed by atoms with Crippen molar-refractivity contribution in [3.63, 3.8) is 0 Å². The number of hydrogen-bond donors (Lipinski definition) is 1. The molecule has 0 spiro atoms. The summed E-state index contributed by atoms with van der Waals surface area (Å²) in [6.45, 7) is 2.15. The van der Waals surface area contributed by atoms with Crippen LogP contribution in [0.3, 0.4) is 0 Å². The Labute approximate surface area is 184 Å². The third-order valence-corrected chi connectivity index (χ3v) is 7.77. The number of nitrogens with zero attached hydrogens (tertiary/aromatic N) is 3. The molecule has 1 N–H and O–H groups in total. The second kappa shape index (κ2) is 9.89. The van der Waals surface area contributed by atoms with Crippen LogP contribution in [0.15, 0.2) is 53.7 Å². The van der Waals surface area contributed by atoms with Crippen LogP contribution in [0.1, 0.15) is 44.1 Å². The maximum atomic E-state index is 12.9. The van der Waals surface area contributed by atoms with Crippen molar-refractivity contribution in [1.82, 2.24) is 14.2 Å². The summed E-state index contributed by atoms with van der Waals surface area (Å²) in [5.41, 5.74) is 1.70. The Kier molecular flexibility index (Phi) is 6.99. The molecule has 31 heavy (non-hydrogen) atoms. The van der Waals surface area contributed by atoms with Crippen molar-refractivity contribution in [2.75, 3.05) is 25.0 Å². The van der Waals surface area contributed by atoms with Gasteiger partial charge in [0.15, 0.2) is 0 Å². The number of sulfonamides is 1. The van der Waals surface area contributed by atoms with Crippen LogP contribution in [-0.4, -0.2) is 54.2 Å². The molecule has 8 heteroatoms. The summed E-state index contributed by atoms with van der Waals surface area (Å²) in [5.74, 6) is -0.0982. The van der Waals surface area contributed by atoms with E-state index in [2.05, 4.69) is 15.2 Å². The van der Waals surface area contributed by atoms with Gasteiger partial charge < -0.3 is 5.32 Å². The maximum absolute atomic E-state index is 12.9. The van der Waals surface area contributed by atoms with E-state index in [1.165, 1.54) is 0 Å². The van der Waals surface area contributed by atoms with Gasteiger partial charge in [0, 0.05) is 43.8 Å². The lowest BCUT2D eigenvalue weighted by Crippen LogP contribution is -2.34. The Morgan fingerprint density at radius 3 is 2.39 bits per heavy atom. The van der Waals surface area contributed by atoms with E-state index < -0.39 is 10.0 Å². The number of carbonyl (C=O) groups is 1. The van der Waals surface area contributed by atoms with Crippen LogP contribution in [-0.2, 0) is 21.4 Å². The lowest BCUT2D eigenvalue weighted by molar-refractivity contribution is -0.117. The Hall–Kier alpha value is -2.29. The SMILES string of the molecule is O=C(CN(Cc1cccnc1)C1CC1)Nc1ccc(S(=O)(=O)N2CCCCCC2)cc1. The number of carbonyl (C=O) groups excluding carboxylic acids is 1. The fourth-order valence-corrected chi connectivity index (χ4v) is 5.52. The van der Waals surface area contributed by atoms with Crippen LogP contribution in [0.4, 0.5) is 5.69 Å². The van der Waals surface area contributed by atoms with Crippen LogP contribution in [0.25, 0.3) is 0 Å². The van der Waals surface area contributed by atoms with Gasteiger partial charge in [0.1, 0.15) is 0 Å². The molecule has 0 bridgehead atoms. The number of amides is 1.